The van der Waals surface area contributed by atoms with Crippen LogP contribution < -0.4 is 10.1 Å². The van der Waals surface area contributed by atoms with Gasteiger partial charge in [-0.1, -0.05) is 6.42 Å². The predicted molar refractivity (Wildman–Crippen MR) is 102 cm³/mol. The zero-order valence-electron chi connectivity index (χ0n) is 15.8. The van der Waals surface area contributed by atoms with E-state index < -0.39 is 10.0 Å². The summed E-state index contributed by atoms with van der Waals surface area (Å²) in [4.78, 5) is 13.0. The standard InChI is InChI=1S/C20H28N2O4S/c1-26-17-6-8-18(9-7-17)27(24,25)22-10-2-3-16(13-22)20(23)21-19-12-14-4-5-15(19)11-14/h6-9,14-16,19H,2-5,10-13H2,1H3,(H,21,23). The van der Waals surface area contributed by atoms with E-state index in [0.29, 0.717) is 30.7 Å². The van der Waals surface area contributed by atoms with Crippen LogP contribution in [0.2, 0.25) is 0 Å². The van der Waals surface area contributed by atoms with Crippen molar-refractivity contribution in [2.45, 2.75) is 49.5 Å². The maximum atomic E-state index is 13.0. The third kappa shape index (κ3) is 3.72. The van der Waals surface area contributed by atoms with Crippen LogP contribution in [0, 0.1) is 17.8 Å². The molecule has 27 heavy (non-hydrogen) atoms. The fraction of sp³-hybridized carbons (Fsp3) is 0.650. The van der Waals surface area contributed by atoms with Gasteiger partial charge in [0.05, 0.1) is 17.9 Å². The van der Waals surface area contributed by atoms with Crippen molar-refractivity contribution in [2.24, 2.45) is 17.8 Å². The van der Waals surface area contributed by atoms with E-state index >= 15 is 0 Å². The van der Waals surface area contributed by atoms with Gasteiger partial charge in [0.15, 0.2) is 0 Å². The number of hydrogen-bond acceptors (Lipinski definition) is 4. The lowest BCUT2D eigenvalue weighted by atomic mass is 9.93. The van der Waals surface area contributed by atoms with Crippen molar-refractivity contribution in [3.63, 3.8) is 0 Å². The van der Waals surface area contributed by atoms with Gasteiger partial charge in [-0.15, -0.1) is 0 Å². The molecule has 2 aliphatic carbocycles. The molecule has 2 bridgehead atoms. The van der Waals surface area contributed by atoms with Crippen LogP contribution >= 0.6 is 0 Å². The molecule has 4 atom stereocenters. The Morgan fingerprint density at radius 1 is 1.15 bits per heavy atom. The first-order valence-electron chi connectivity index (χ1n) is 9.92. The van der Waals surface area contributed by atoms with Gasteiger partial charge in [-0.25, -0.2) is 8.42 Å². The molecule has 2 saturated carbocycles. The zero-order chi connectivity index (χ0) is 19.0. The highest BCUT2D eigenvalue weighted by molar-refractivity contribution is 7.89. The highest BCUT2D eigenvalue weighted by Crippen LogP contribution is 2.44. The van der Waals surface area contributed by atoms with Crippen molar-refractivity contribution in [1.82, 2.24) is 9.62 Å². The van der Waals surface area contributed by atoms with E-state index in [-0.39, 0.29) is 23.3 Å². The average molecular weight is 393 g/mol. The summed E-state index contributed by atoms with van der Waals surface area (Å²) < 4.78 is 32.5. The number of nitrogens with one attached hydrogen (secondary N) is 1. The van der Waals surface area contributed by atoms with Gasteiger partial charge in [-0.3, -0.25) is 4.79 Å². The van der Waals surface area contributed by atoms with E-state index in [0.717, 1.165) is 18.8 Å². The van der Waals surface area contributed by atoms with Gasteiger partial charge >= 0.3 is 0 Å². The summed E-state index contributed by atoms with van der Waals surface area (Å²) in [5, 5.41) is 3.23. The number of amides is 1. The summed E-state index contributed by atoms with van der Waals surface area (Å²) in [5.41, 5.74) is 0. The molecule has 0 radical (unpaired) electrons. The molecule has 7 heteroatoms. The number of methoxy groups -OCH3 is 1. The van der Waals surface area contributed by atoms with Crippen molar-refractivity contribution in [3.8, 4) is 5.75 Å². The lowest BCUT2D eigenvalue weighted by molar-refractivity contribution is -0.127. The number of hydrogen-bond donors (Lipinski definition) is 1. The number of rotatable bonds is 5. The number of carbonyl (C=O) groups is 1. The number of benzene rings is 1. The second-order valence-electron chi connectivity index (χ2n) is 8.17. The number of nitrogens with zero attached hydrogens (tertiary/aromatic N) is 1. The Balaban J connectivity index is 1.41. The Morgan fingerprint density at radius 2 is 1.93 bits per heavy atom. The first-order valence-corrected chi connectivity index (χ1v) is 11.4. The van der Waals surface area contributed by atoms with Gasteiger partial charge in [-0.05, 0) is 68.2 Å². The second kappa shape index (κ2) is 7.43. The maximum Gasteiger partial charge on any atom is 0.243 e. The summed E-state index contributed by atoms with van der Waals surface area (Å²) in [6, 6.07) is 6.72. The number of fused-ring (bicyclic) bond motifs is 2. The molecular formula is C20H28N2O4S. The Labute approximate surface area is 161 Å². The van der Waals surface area contributed by atoms with Crippen molar-refractivity contribution in [3.05, 3.63) is 24.3 Å². The highest BCUT2D eigenvalue weighted by Gasteiger charge is 2.41. The van der Waals surface area contributed by atoms with Crippen LogP contribution in [0.4, 0.5) is 0 Å². The molecule has 1 amide bonds. The lowest BCUT2D eigenvalue weighted by Crippen LogP contribution is -2.48. The van der Waals surface area contributed by atoms with Crippen LogP contribution in [0.1, 0.15) is 38.5 Å². The maximum absolute atomic E-state index is 13.0. The van der Waals surface area contributed by atoms with Crippen LogP contribution in [-0.4, -0.2) is 44.9 Å². The van der Waals surface area contributed by atoms with Gasteiger partial charge in [0.25, 0.3) is 0 Å². The SMILES string of the molecule is COc1ccc(S(=O)(=O)N2CCCC(C(=O)NC3CC4CCC3C4)C2)cc1. The van der Waals surface area contributed by atoms with Gasteiger partial charge in [-0.2, -0.15) is 4.31 Å². The number of piperidine rings is 1. The summed E-state index contributed by atoms with van der Waals surface area (Å²) in [5.74, 6) is 1.80. The van der Waals surface area contributed by atoms with Crippen molar-refractivity contribution in [1.29, 1.82) is 0 Å². The number of ether oxygens (including phenoxy) is 1. The molecule has 1 aliphatic heterocycles. The minimum atomic E-state index is -3.59. The third-order valence-corrected chi connectivity index (χ3v) is 8.40. The molecule has 1 aromatic carbocycles. The number of sulfonamides is 1. The topological polar surface area (TPSA) is 75.7 Å². The van der Waals surface area contributed by atoms with Gasteiger partial charge in [0.2, 0.25) is 15.9 Å². The predicted octanol–water partition coefficient (Wildman–Crippen LogP) is 2.40. The molecule has 4 unspecified atom stereocenters. The minimum absolute atomic E-state index is 0.0298. The summed E-state index contributed by atoms with van der Waals surface area (Å²) in [7, 11) is -2.04. The van der Waals surface area contributed by atoms with Gasteiger partial charge in [0.1, 0.15) is 5.75 Å². The lowest BCUT2D eigenvalue weighted by Gasteiger charge is -2.33. The van der Waals surface area contributed by atoms with Crippen LogP contribution in [0.15, 0.2) is 29.2 Å². The molecule has 0 spiro atoms. The first kappa shape index (κ1) is 18.7. The van der Waals surface area contributed by atoms with Crippen molar-refractivity contribution in [2.75, 3.05) is 20.2 Å². The Bertz CT molecular complexity index is 793. The van der Waals surface area contributed by atoms with E-state index in [2.05, 4.69) is 5.32 Å². The molecule has 4 rings (SSSR count). The fourth-order valence-corrected chi connectivity index (χ4v) is 6.52. The van der Waals surface area contributed by atoms with E-state index in [9.17, 15) is 13.2 Å². The molecule has 148 valence electrons. The summed E-state index contributed by atoms with van der Waals surface area (Å²) in [6.07, 6.45) is 6.32. The molecule has 1 saturated heterocycles. The van der Waals surface area contributed by atoms with E-state index in [4.69, 9.17) is 4.74 Å². The van der Waals surface area contributed by atoms with Gasteiger partial charge < -0.3 is 10.1 Å². The molecule has 1 N–H and O–H groups in total. The van der Waals surface area contributed by atoms with Crippen LogP contribution in [0.3, 0.4) is 0 Å². The third-order valence-electron chi connectivity index (χ3n) is 6.52. The molecule has 0 aromatic heterocycles. The fourth-order valence-electron chi connectivity index (χ4n) is 4.99. The second-order valence-corrected chi connectivity index (χ2v) is 10.1. The van der Waals surface area contributed by atoms with E-state index in [1.165, 1.54) is 23.6 Å². The Morgan fingerprint density at radius 3 is 2.56 bits per heavy atom. The van der Waals surface area contributed by atoms with Crippen molar-refractivity contribution < 1.29 is 17.9 Å². The average Bonchev–Trinajstić information content (AvgIpc) is 3.31. The van der Waals surface area contributed by atoms with Crippen LogP contribution in [-0.2, 0) is 14.8 Å². The molecule has 6 nitrogen and oxygen atoms in total. The number of carbonyl (C=O) groups excluding carboxylic acids is 1. The van der Waals surface area contributed by atoms with Gasteiger partial charge in [0, 0.05) is 19.1 Å². The van der Waals surface area contributed by atoms with E-state index in [1.807, 2.05) is 0 Å². The molecule has 3 fully saturated rings. The Hall–Kier alpha value is -1.60. The molecule has 1 heterocycles. The highest BCUT2D eigenvalue weighted by atomic mass is 32.2. The monoisotopic (exact) mass is 392 g/mol. The summed E-state index contributed by atoms with van der Waals surface area (Å²) >= 11 is 0. The Kier molecular flexibility index (Phi) is 5.16. The normalized spacial score (nSPS) is 31.0. The van der Waals surface area contributed by atoms with E-state index in [1.54, 1.807) is 31.4 Å². The first-order chi connectivity index (χ1) is 13.0. The minimum Gasteiger partial charge on any atom is -0.497 e. The molecule has 1 aromatic rings. The van der Waals surface area contributed by atoms with Crippen LogP contribution in [0.5, 0.6) is 5.75 Å². The largest absolute Gasteiger partial charge is 0.497 e. The quantitative estimate of drug-likeness (QED) is 0.835. The zero-order valence-corrected chi connectivity index (χ0v) is 16.6. The summed E-state index contributed by atoms with van der Waals surface area (Å²) in [6.45, 7) is 0.729. The van der Waals surface area contributed by atoms with Crippen molar-refractivity contribution >= 4 is 15.9 Å². The smallest absolute Gasteiger partial charge is 0.243 e. The van der Waals surface area contributed by atoms with Crippen LogP contribution in [0.25, 0.3) is 0 Å². The molecule has 3 aliphatic rings. The molecular weight excluding hydrogens is 364 g/mol.